The van der Waals surface area contributed by atoms with Crippen molar-refractivity contribution in [3.05, 3.63) is 52.8 Å². The number of aryl methyl sites for hydroxylation is 2. The lowest BCUT2D eigenvalue weighted by Crippen LogP contribution is -2.25. The van der Waals surface area contributed by atoms with Crippen LogP contribution < -0.4 is 5.32 Å². The Hall–Kier alpha value is -2.41. The third-order valence-corrected chi connectivity index (χ3v) is 6.65. The molecule has 0 radical (unpaired) electrons. The fourth-order valence-corrected chi connectivity index (χ4v) is 5.03. The van der Waals surface area contributed by atoms with E-state index in [9.17, 15) is 4.79 Å². The van der Waals surface area contributed by atoms with Gasteiger partial charge in [0.15, 0.2) is 0 Å². The molecule has 0 atom stereocenters. The zero-order chi connectivity index (χ0) is 20.9. The van der Waals surface area contributed by atoms with Crippen LogP contribution in [0, 0.1) is 19.8 Å². The minimum absolute atomic E-state index is 0.00807. The topological polar surface area (TPSA) is 72.2 Å². The number of hydrogen-bond donors (Lipinski definition) is 1. The Bertz CT molecular complexity index is 1030. The summed E-state index contributed by atoms with van der Waals surface area (Å²) in [6, 6.07) is 9.78. The number of nitrogens with zero attached hydrogens (tertiary/aromatic N) is 4. The SMILES string of the molecule is Cc1cc(C)n2nc(SCc3ccccc3C(=O)NCCCC3CCCC3)nc2n1. The largest absolute Gasteiger partial charge is 0.352 e. The van der Waals surface area contributed by atoms with Crippen molar-refractivity contribution in [1.82, 2.24) is 24.9 Å². The van der Waals surface area contributed by atoms with Gasteiger partial charge >= 0.3 is 0 Å². The monoisotopic (exact) mass is 423 g/mol. The Morgan fingerprint density at radius 1 is 1.20 bits per heavy atom. The molecule has 1 fully saturated rings. The van der Waals surface area contributed by atoms with Crippen LogP contribution in [0.2, 0.25) is 0 Å². The normalized spacial score (nSPS) is 14.5. The molecule has 4 rings (SSSR count). The molecule has 2 aromatic heterocycles. The molecule has 30 heavy (non-hydrogen) atoms. The van der Waals surface area contributed by atoms with Crippen molar-refractivity contribution in [1.29, 1.82) is 0 Å². The van der Waals surface area contributed by atoms with Crippen molar-refractivity contribution in [3.8, 4) is 0 Å². The maximum atomic E-state index is 12.7. The van der Waals surface area contributed by atoms with Gasteiger partial charge in [-0.15, -0.1) is 5.10 Å². The maximum Gasteiger partial charge on any atom is 0.253 e. The Kier molecular flexibility index (Phi) is 6.67. The fourth-order valence-electron chi connectivity index (χ4n) is 4.21. The summed E-state index contributed by atoms with van der Waals surface area (Å²) in [6.07, 6.45) is 7.75. The molecule has 2 heterocycles. The van der Waals surface area contributed by atoms with Gasteiger partial charge in [0.25, 0.3) is 11.7 Å². The quantitative estimate of drug-likeness (QED) is 0.419. The van der Waals surface area contributed by atoms with E-state index in [1.165, 1.54) is 43.9 Å². The number of benzene rings is 1. The first-order chi connectivity index (χ1) is 14.6. The summed E-state index contributed by atoms with van der Waals surface area (Å²) in [4.78, 5) is 21.7. The van der Waals surface area contributed by atoms with Crippen LogP contribution in [0.4, 0.5) is 0 Å². The van der Waals surface area contributed by atoms with E-state index in [1.807, 2.05) is 44.2 Å². The van der Waals surface area contributed by atoms with E-state index < -0.39 is 0 Å². The third-order valence-electron chi connectivity index (χ3n) is 5.77. The van der Waals surface area contributed by atoms with E-state index >= 15 is 0 Å². The second-order valence-electron chi connectivity index (χ2n) is 8.14. The molecular formula is C23H29N5OS. The zero-order valence-corrected chi connectivity index (χ0v) is 18.5. The van der Waals surface area contributed by atoms with E-state index in [0.29, 0.717) is 16.7 Å². The number of thioether (sulfide) groups is 1. The van der Waals surface area contributed by atoms with Gasteiger partial charge in [0.05, 0.1) is 0 Å². The van der Waals surface area contributed by atoms with Crippen molar-refractivity contribution in [2.24, 2.45) is 5.92 Å². The summed E-state index contributed by atoms with van der Waals surface area (Å²) < 4.78 is 1.76. The van der Waals surface area contributed by atoms with E-state index in [0.717, 1.165) is 41.4 Å². The summed E-state index contributed by atoms with van der Waals surface area (Å²) in [6.45, 7) is 4.70. The van der Waals surface area contributed by atoms with Gasteiger partial charge in [-0.05, 0) is 50.3 Å². The highest BCUT2D eigenvalue weighted by Gasteiger charge is 2.16. The molecule has 3 aromatic rings. The van der Waals surface area contributed by atoms with Crippen molar-refractivity contribution < 1.29 is 4.79 Å². The summed E-state index contributed by atoms with van der Waals surface area (Å²) in [5.74, 6) is 2.13. The highest BCUT2D eigenvalue weighted by molar-refractivity contribution is 7.98. The lowest BCUT2D eigenvalue weighted by molar-refractivity contribution is 0.0951. The number of nitrogens with one attached hydrogen (secondary N) is 1. The molecule has 0 unspecified atom stereocenters. The highest BCUT2D eigenvalue weighted by atomic mass is 32.2. The summed E-state index contributed by atoms with van der Waals surface area (Å²) in [7, 11) is 0. The summed E-state index contributed by atoms with van der Waals surface area (Å²) in [5.41, 5.74) is 3.67. The number of rotatable bonds is 8. The van der Waals surface area contributed by atoms with Crippen molar-refractivity contribution in [2.45, 2.75) is 63.3 Å². The van der Waals surface area contributed by atoms with Gasteiger partial charge in [0.1, 0.15) is 0 Å². The van der Waals surface area contributed by atoms with Gasteiger partial charge < -0.3 is 5.32 Å². The Balaban J connectivity index is 1.35. The average molecular weight is 424 g/mol. The Morgan fingerprint density at radius 3 is 2.83 bits per heavy atom. The van der Waals surface area contributed by atoms with E-state index in [2.05, 4.69) is 20.4 Å². The van der Waals surface area contributed by atoms with Gasteiger partial charge in [-0.1, -0.05) is 55.6 Å². The van der Waals surface area contributed by atoms with Gasteiger partial charge in [-0.2, -0.15) is 4.98 Å². The predicted molar refractivity (Wildman–Crippen MR) is 120 cm³/mol. The first-order valence-electron chi connectivity index (χ1n) is 10.8. The molecule has 0 spiro atoms. The number of aromatic nitrogens is 4. The molecule has 1 aliphatic carbocycles. The smallest absolute Gasteiger partial charge is 0.253 e. The molecule has 0 saturated heterocycles. The standard InChI is InChI=1S/C23H29N5OS/c1-16-14-17(2)28-22(25-16)26-23(27-28)30-15-19-11-5-6-12-20(19)21(29)24-13-7-10-18-8-3-4-9-18/h5-6,11-12,14,18H,3-4,7-10,13,15H2,1-2H3,(H,24,29). The second kappa shape index (κ2) is 9.60. The highest BCUT2D eigenvalue weighted by Crippen LogP contribution is 2.28. The van der Waals surface area contributed by atoms with Crippen LogP contribution in [0.15, 0.2) is 35.5 Å². The summed E-state index contributed by atoms with van der Waals surface area (Å²) >= 11 is 1.53. The molecule has 1 saturated carbocycles. The molecule has 158 valence electrons. The van der Waals surface area contributed by atoms with Gasteiger partial charge in [0.2, 0.25) is 5.16 Å². The average Bonchev–Trinajstić information content (AvgIpc) is 3.39. The molecule has 1 N–H and O–H groups in total. The van der Waals surface area contributed by atoms with Crippen LogP contribution >= 0.6 is 11.8 Å². The molecule has 1 aromatic carbocycles. The van der Waals surface area contributed by atoms with Crippen LogP contribution in [0.25, 0.3) is 5.78 Å². The fraction of sp³-hybridized carbons (Fsp3) is 0.478. The number of fused-ring (bicyclic) bond motifs is 1. The zero-order valence-electron chi connectivity index (χ0n) is 17.7. The van der Waals surface area contributed by atoms with E-state index in [4.69, 9.17) is 0 Å². The number of hydrogen-bond acceptors (Lipinski definition) is 5. The molecule has 6 nitrogen and oxygen atoms in total. The van der Waals surface area contributed by atoms with Crippen LogP contribution in [0.5, 0.6) is 0 Å². The molecule has 1 amide bonds. The lowest BCUT2D eigenvalue weighted by Gasteiger charge is -2.11. The van der Waals surface area contributed by atoms with Crippen LogP contribution in [-0.2, 0) is 5.75 Å². The first-order valence-corrected chi connectivity index (χ1v) is 11.8. The van der Waals surface area contributed by atoms with Crippen LogP contribution in [0.1, 0.15) is 65.8 Å². The molecule has 7 heteroatoms. The van der Waals surface area contributed by atoms with Crippen molar-refractivity contribution in [2.75, 3.05) is 6.54 Å². The van der Waals surface area contributed by atoms with Crippen molar-refractivity contribution in [3.63, 3.8) is 0 Å². The van der Waals surface area contributed by atoms with Gasteiger partial charge in [0, 0.05) is 29.2 Å². The minimum atomic E-state index is 0.00807. The molecule has 0 bridgehead atoms. The molecule has 1 aliphatic rings. The summed E-state index contributed by atoms with van der Waals surface area (Å²) in [5, 5.41) is 8.32. The van der Waals surface area contributed by atoms with Crippen LogP contribution in [-0.4, -0.2) is 32.0 Å². The maximum absolute atomic E-state index is 12.7. The van der Waals surface area contributed by atoms with Crippen LogP contribution in [0.3, 0.4) is 0 Å². The van der Waals surface area contributed by atoms with E-state index in [-0.39, 0.29) is 5.91 Å². The third kappa shape index (κ3) is 5.01. The van der Waals surface area contributed by atoms with Gasteiger partial charge in [-0.25, -0.2) is 9.50 Å². The second-order valence-corrected chi connectivity index (χ2v) is 9.08. The number of carbonyl (C=O) groups is 1. The number of amides is 1. The lowest BCUT2D eigenvalue weighted by atomic mass is 10.0. The minimum Gasteiger partial charge on any atom is -0.352 e. The predicted octanol–water partition coefficient (Wildman–Crippen LogP) is 4.73. The molecule has 0 aliphatic heterocycles. The Labute approximate surface area is 181 Å². The van der Waals surface area contributed by atoms with E-state index in [1.54, 1.807) is 4.52 Å². The van der Waals surface area contributed by atoms with Crippen molar-refractivity contribution >= 4 is 23.4 Å². The molecular weight excluding hydrogens is 394 g/mol. The number of carbonyl (C=O) groups excluding carboxylic acids is 1. The first kappa shape index (κ1) is 20.8. The van der Waals surface area contributed by atoms with Gasteiger partial charge in [-0.3, -0.25) is 4.79 Å². The Morgan fingerprint density at radius 2 is 2.00 bits per heavy atom.